The zero-order valence-electron chi connectivity index (χ0n) is 34.6. The lowest BCUT2D eigenvalue weighted by Gasteiger charge is -2.47. The van der Waals surface area contributed by atoms with E-state index in [0.29, 0.717) is 5.56 Å². The van der Waals surface area contributed by atoms with Crippen LogP contribution in [0.4, 0.5) is 4.79 Å². The molecule has 1 aromatic carbocycles. The number of alkyl carbamates (subject to hydrolysis) is 1. The molecule has 2 aromatic rings. The Hall–Kier alpha value is -5.88. The maximum Gasteiger partial charge on any atom is 0.407 e. The number of aliphatic carboxylic acids is 2. The van der Waals surface area contributed by atoms with E-state index >= 15 is 0 Å². The maximum absolute atomic E-state index is 14.1. The summed E-state index contributed by atoms with van der Waals surface area (Å²) in [5, 5.41) is 92.5. The molecule has 1 aromatic heterocycles. The second-order valence-electron chi connectivity index (χ2n) is 14.8. The second kappa shape index (κ2) is 25.0. The number of aromatic amines is 1. The molecule has 4 rings (SSSR count). The highest BCUT2D eigenvalue weighted by Crippen LogP contribution is 2.30. The van der Waals surface area contributed by atoms with Gasteiger partial charge in [-0.2, -0.15) is 0 Å². The van der Waals surface area contributed by atoms with Crippen LogP contribution in [-0.2, 0) is 65.5 Å². The van der Waals surface area contributed by atoms with E-state index in [4.69, 9.17) is 28.8 Å². The van der Waals surface area contributed by atoms with Gasteiger partial charge in [-0.25, -0.2) is 14.6 Å². The average molecular weight is 928 g/mol. The molecular formula is C38H53N7O20. The van der Waals surface area contributed by atoms with E-state index in [1.807, 2.05) is 0 Å². The molecule has 3 heterocycles. The van der Waals surface area contributed by atoms with Gasteiger partial charge in [0.05, 0.1) is 26.1 Å². The molecule has 0 spiro atoms. The first-order valence-electron chi connectivity index (χ1n) is 20.0. The first kappa shape index (κ1) is 51.8. The third-order valence-corrected chi connectivity index (χ3v) is 9.92. The molecule has 2 fully saturated rings. The third-order valence-electron chi connectivity index (χ3n) is 9.92. The number of amides is 5. The number of nitrogens with zero attached hydrogens (tertiary/aromatic N) is 1. The predicted molar refractivity (Wildman–Crippen MR) is 211 cm³/mol. The molecule has 2 saturated heterocycles. The molecule has 13 atom stereocenters. The van der Waals surface area contributed by atoms with Crippen LogP contribution in [0.1, 0.15) is 31.0 Å². The summed E-state index contributed by atoms with van der Waals surface area (Å²) in [4.78, 5) is 95.5. The number of hydrogen-bond acceptors (Lipinski definition) is 19. The highest BCUT2D eigenvalue weighted by atomic mass is 16.7. The summed E-state index contributed by atoms with van der Waals surface area (Å²) in [7, 11) is 0. The van der Waals surface area contributed by atoms with E-state index in [9.17, 15) is 69.3 Å². The summed E-state index contributed by atoms with van der Waals surface area (Å²) in [6.07, 6.45) is -16.1. The summed E-state index contributed by atoms with van der Waals surface area (Å²) >= 11 is 0. The Morgan fingerprint density at radius 2 is 1.46 bits per heavy atom. The summed E-state index contributed by atoms with van der Waals surface area (Å²) in [6.45, 7) is -2.61. The van der Waals surface area contributed by atoms with Crippen molar-refractivity contribution in [2.45, 2.75) is 112 Å². The zero-order chi connectivity index (χ0) is 47.8. The van der Waals surface area contributed by atoms with Crippen LogP contribution in [0.3, 0.4) is 0 Å². The smallest absolute Gasteiger partial charge is 0.407 e. The Morgan fingerprint density at radius 3 is 2.08 bits per heavy atom. The zero-order valence-corrected chi connectivity index (χ0v) is 34.6. The number of aromatic nitrogens is 2. The fraction of sp³-hybridized carbons (Fsp3) is 0.579. The van der Waals surface area contributed by atoms with E-state index in [-0.39, 0.29) is 18.7 Å². The summed E-state index contributed by atoms with van der Waals surface area (Å²) in [6, 6.07) is 1.71. The minimum Gasteiger partial charge on any atom is -0.481 e. The largest absolute Gasteiger partial charge is 0.481 e. The molecule has 0 radical (unpaired) electrons. The minimum absolute atomic E-state index is 0.159. The molecule has 2 aliphatic rings. The fourth-order valence-corrected chi connectivity index (χ4v) is 6.54. The van der Waals surface area contributed by atoms with Crippen molar-refractivity contribution in [1.82, 2.24) is 36.6 Å². The lowest BCUT2D eigenvalue weighted by atomic mass is 9.95. The molecule has 360 valence electrons. The van der Waals surface area contributed by atoms with E-state index in [1.54, 1.807) is 30.3 Å². The Balaban J connectivity index is 1.60. The molecule has 14 N–H and O–H groups in total. The molecule has 0 unspecified atom stereocenters. The predicted octanol–water partition coefficient (Wildman–Crippen LogP) is -5.93. The number of imidazole rings is 1. The van der Waals surface area contributed by atoms with Crippen LogP contribution in [0.25, 0.3) is 0 Å². The van der Waals surface area contributed by atoms with Gasteiger partial charge in [-0.3, -0.25) is 24.0 Å². The maximum atomic E-state index is 14.1. The number of carboxylic acid groups (broad SMARTS) is 2. The third kappa shape index (κ3) is 15.4. The van der Waals surface area contributed by atoms with E-state index in [2.05, 4.69) is 36.6 Å². The van der Waals surface area contributed by atoms with E-state index < -0.39 is 160 Å². The van der Waals surface area contributed by atoms with Gasteiger partial charge < -0.3 is 96.1 Å². The Labute approximate surface area is 368 Å². The van der Waals surface area contributed by atoms with Crippen molar-refractivity contribution < 1.29 is 98.1 Å². The van der Waals surface area contributed by atoms with E-state index in [1.165, 1.54) is 12.5 Å². The van der Waals surface area contributed by atoms with Crippen molar-refractivity contribution in [3.63, 3.8) is 0 Å². The van der Waals surface area contributed by atoms with Gasteiger partial charge in [0.15, 0.2) is 12.6 Å². The number of aliphatic hydroxyl groups is 6. The van der Waals surface area contributed by atoms with Crippen LogP contribution in [0.5, 0.6) is 0 Å². The van der Waals surface area contributed by atoms with Gasteiger partial charge in [0.2, 0.25) is 23.6 Å². The molecule has 65 heavy (non-hydrogen) atoms. The highest BCUT2D eigenvalue weighted by molar-refractivity contribution is 5.94. The summed E-state index contributed by atoms with van der Waals surface area (Å²) in [5.74, 6) is -7.03. The van der Waals surface area contributed by atoms with Gasteiger partial charge in [-0.1, -0.05) is 30.3 Å². The summed E-state index contributed by atoms with van der Waals surface area (Å²) < 4.78 is 27.9. The van der Waals surface area contributed by atoms with Crippen molar-refractivity contribution in [3.05, 3.63) is 54.1 Å². The van der Waals surface area contributed by atoms with Crippen LogP contribution in [0, 0.1) is 0 Å². The lowest BCUT2D eigenvalue weighted by Crippen LogP contribution is -2.68. The normalized spacial score (nSPS) is 26.6. The standard InChI is InChI=1S/C38H53N7O20/c1-17(48)42-27-32(65-37-31(55)30(54)28(52)23(12-46)64-37)29(53)24(13-47)63-36(27)61-15-22(43-25(49)11-40-38(60)62-14-18-5-3-2-4-6-18)34(57)45-21(9-19-10-39-16-41-19)33(56)44-20(35(58)59)7-8-26(50)51/h2-6,10,16,20-24,27-32,36-37,46-47,52-55H,7-9,11-15H2,1H3,(H,39,41)(H,40,60)(H,42,48)(H,43,49)(H,44,56)(H,45,57)(H,50,51)(H,58,59)/t20-,21-,22-,23+,24+,27+,28-,29-,30-,31+,32+,36-,37-/m0/s1. The van der Waals surface area contributed by atoms with Gasteiger partial charge in [0.25, 0.3) is 0 Å². The number of carbonyl (C=O) groups is 7. The number of rotatable bonds is 23. The van der Waals surface area contributed by atoms with Crippen LogP contribution in [0.15, 0.2) is 42.9 Å². The molecule has 0 bridgehead atoms. The minimum atomic E-state index is -1.99. The summed E-state index contributed by atoms with van der Waals surface area (Å²) in [5.41, 5.74) is 0.885. The fourth-order valence-electron chi connectivity index (χ4n) is 6.54. The molecular weight excluding hydrogens is 874 g/mol. The Bertz CT molecular complexity index is 1890. The Morgan fingerprint density at radius 1 is 0.815 bits per heavy atom. The van der Waals surface area contributed by atoms with Crippen molar-refractivity contribution in [3.8, 4) is 0 Å². The van der Waals surface area contributed by atoms with Gasteiger partial charge >= 0.3 is 18.0 Å². The van der Waals surface area contributed by atoms with Crippen LogP contribution < -0.4 is 26.6 Å². The number of carbonyl (C=O) groups excluding carboxylic acids is 5. The number of H-pyrrole nitrogens is 1. The quantitative estimate of drug-likeness (QED) is 0.0493. The van der Waals surface area contributed by atoms with Crippen LogP contribution in [-0.4, -0.2) is 198 Å². The van der Waals surface area contributed by atoms with E-state index in [0.717, 1.165) is 6.92 Å². The molecule has 27 nitrogen and oxygen atoms in total. The number of aliphatic hydroxyl groups excluding tert-OH is 6. The highest BCUT2D eigenvalue weighted by Gasteiger charge is 2.52. The number of carboxylic acids is 2. The van der Waals surface area contributed by atoms with Gasteiger partial charge in [0.1, 0.15) is 80.0 Å². The van der Waals surface area contributed by atoms with Crippen LogP contribution in [0.2, 0.25) is 0 Å². The van der Waals surface area contributed by atoms with Crippen molar-refractivity contribution in [2.75, 3.05) is 26.4 Å². The Kier molecular flexibility index (Phi) is 19.9. The molecule has 0 aliphatic carbocycles. The van der Waals surface area contributed by atoms with Crippen LogP contribution >= 0.6 is 0 Å². The first-order chi connectivity index (χ1) is 30.9. The van der Waals surface area contributed by atoms with Crippen molar-refractivity contribution in [1.29, 1.82) is 0 Å². The molecule has 0 saturated carbocycles. The van der Waals surface area contributed by atoms with Gasteiger partial charge in [-0.15, -0.1) is 0 Å². The number of nitrogens with one attached hydrogen (secondary N) is 6. The molecule has 5 amide bonds. The number of hydrogen-bond donors (Lipinski definition) is 14. The topological polar surface area (TPSA) is 416 Å². The SMILES string of the molecule is CC(=O)N[C@H]1[C@@H](OC[C@H](NC(=O)CNC(=O)OCc2ccccc2)C(=O)N[C@@H](Cc2cnc[nH]2)C(=O)N[C@@H](CCC(=O)O)C(=O)O)O[C@H](CO)[C@H](O)[C@@H]1O[C@@H]1O[C@H](CO)[C@H](O)[C@H](O)[C@H]1O. The first-order valence-corrected chi connectivity index (χ1v) is 20.0. The second-order valence-corrected chi connectivity index (χ2v) is 14.8. The lowest BCUT2D eigenvalue weighted by molar-refractivity contribution is -0.345. The van der Waals surface area contributed by atoms with Crippen molar-refractivity contribution >= 4 is 41.7 Å². The average Bonchev–Trinajstić information content (AvgIpc) is 3.79. The molecule has 27 heteroatoms. The van der Waals surface area contributed by atoms with Crippen molar-refractivity contribution in [2.24, 2.45) is 0 Å². The monoisotopic (exact) mass is 927 g/mol. The number of benzene rings is 1. The van der Waals surface area contributed by atoms with Gasteiger partial charge in [0, 0.05) is 31.7 Å². The number of ether oxygens (including phenoxy) is 5. The van der Waals surface area contributed by atoms with Gasteiger partial charge in [-0.05, 0) is 12.0 Å². The molecule has 2 aliphatic heterocycles.